The van der Waals surface area contributed by atoms with Gasteiger partial charge >= 0.3 is 41.8 Å². The predicted octanol–water partition coefficient (Wildman–Crippen LogP) is 14.3. The Balaban J connectivity index is 1.93. The van der Waals surface area contributed by atoms with E-state index in [1.165, 1.54) is 21.3 Å². The van der Waals surface area contributed by atoms with Crippen LogP contribution >= 0.6 is 0 Å². The number of unbranched alkanes of at least 4 members (excludes halogenated alkanes) is 12. The lowest BCUT2D eigenvalue weighted by molar-refractivity contribution is -0.140. The lowest BCUT2D eigenvalue weighted by Gasteiger charge is -2.25. The van der Waals surface area contributed by atoms with Crippen molar-refractivity contribution in [1.29, 1.82) is 0 Å². The third kappa shape index (κ3) is 28.9. The summed E-state index contributed by atoms with van der Waals surface area (Å²) in [5, 5.41) is 0. The van der Waals surface area contributed by atoms with Crippen LogP contribution in [0.4, 0.5) is 0 Å². The van der Waals surface area contributed by atoms with Gasteiger partial charge in [-0.15, -0.1) is 0 Å². The van der Waals surface area contributed by atoms with E-state index >= 15 is 0 Å². The molecule has 97 heavy (non-hydrogen) atoms. The molecule has 8 bridgehead atoms. The number of aryl methyl sites for hydroxylation is 4. The second-order valence-corrected chi connectivity index (χ2v) is 24.3. The number of methoxy groups -OCH3 is 3. The summed E-state index contributed by atoms with van der Waals surface area (Å²) in [6.45, 7) is 13.4. The molecule has 0 radical (unpaired) electrons. The lowest BCUT2D eigenvalue weighted by Crippen LogP contribution is -2.16. The Morgan fingerprint density at radius 2 is 0.536 bits per heavy atom. The van der Waals surface area contributed by atoms with Crippen LogP contribution < -0.4 is 18.9 Å². The highest BCUT2D eigenvalue weighted by Gasteiger charge is 2.26. The molecular formula is C79H104O18. The third-order valence-corrected chi connectivity index (χ3v) is 16.3. The summed E-state index contributed by atoms with van der Waals surface area (Å²) in [5.74, 6) is -2.58. The van der Waals surface area contributed by atoms with Crippen molar-refractivity contribution in [1.82, 2.24) is 0 Å². The van der Waals surface area contributed by atoms with Crippen LogP contribution in [0.25, 0.3) is 0 Å². The molecule has 0 aliphatic heterocycles. The topological polar surface area (TPSA) is 221 Å². The zero-order chi connectivity index (χ0) is 70.2. The van der Waals surface area contributed by atoms with Crippen LogP contribution in [0.3, 0.4) is 0 Å². The number of hydrogen-bond acceptors (Lipinski definition) is 18. The molecule has 0 atom stereocenters. The Bertz CT molecular complexity index is 3150. The number of carbonyl (C=O) groups is 7. The van der Waals surface area contributed by atoms with Crippen molar-refractivity contribution < 1.29 is 85.7 Å². The molecule has 0 spiro atoms. The van der Waals surface area contributed by atoms with Gasteiger partial charge < -0.3 is 52.1 Å². The van der Waals surface area contributed by atoms with Gasteiger partial charge in [-0.25, -0.2) is 33.6 Å². The van der Waals surface area contributed by atoms with Gasteiger partial charge in [0.1, 0.15) is 75.9 Å². The summed E-state index contributed by atoms with van der Waals surface area (Å²) in [6, 6.07) is 17.6. The van der Waals surface area contributed by atoms with Gasteiger partial charge in [0.15, 0.2) is 0 Å². The highest BCUT2D eigenvalue weighted by atomic mass is 16.6. The largest absolute Gasteiger partial charge is 0.489 e. The highest BCUT2D eigenvalue weighted by molar-refractivity contribution is 5.93. The number of fused-ring (bicyclic) bond motifs is 8. The Morgan fingerprint density at radius 1 is 0.320 bits per heavy atom. The molecule has 0 N–H and O–H groups in total. The molecule has 0 saturated carbocycles. The Hall–Kier alpha value is -8.67. The lowest BCUT2D eigenvalue weighted by atomic mass is 9.87. The van der Waals surface area contributed by atoms with Gasteiger partial charge in [0.2, 0.25) is 0 Å². The van der Waals surface area contributed by atoms with E-state index in [2.05, 4.69) is 82.8 Å². The number of esters is 7. The summed E-state index contributed by atoms with van der Waals surface area (Å²) in [6.07, 6.45) is 26.8. The van der Waals surface area contributed by atoms with Gasteiger partial charge in [-0.05, 0) is 125 Å². The van der Waals surface area contributed by atoms with Crippen molar-refractivity contribution in [3.63, 3.8) is 0 Å². The third-order valence-electron chi connectivity index (χ3n) is 16.3. The highest BCUT2D eigenvalue weighted by Crippen LogP contribution is 2.42. The molecule has 5 rings (SSSR count). The van der Waals surface area contributed by atoms with E-state index in [1.54, 1.807) is 6.92 Å². The molecular weight excluding hydrogens is 1240 g/mol. The minimum atomic E-state index is -0.753. The first-order valence-electron chi connectivity index (χ1n) is 34.7. The quantitative estimate of drug-likeness (QED) is 0.0153. The normalized spacial score (nSPS) is 11.9. The Kier molecular flexibility index (Phi) is 36.6. The fraction of sp³-hybridized carbons (Fsp3) is 0.506. The van der Waals surface area contributed by atoms with E-state index in [0.29, 0.717) is 48.7 Å². The van der Waals surface area contributed by atoms with Gasteiger partial charge in [-0.3, -0.25) is 0 Å². The Labute approximate surface area is 574 Å². The van der Waals surface area contributed by atoms with Crippen LogP contribution in [-0.4, -0.2) is 116 Å². The van der Waals surface area contributed by atoms with E-state index in [9.17, 15) is 33.6 Å². The first kappa shape index (κ1) is 79.0. The second-order valence-electron chi connectivity index (χ2n) is 24.3. The van der Waals surface area contributed by atoms with E-state index in [4.69, 9.17) is 52.1 Å². The van der Waals surface area contributed by atoms with Crippen molar-refractivity contribution in [2.75, 3.05) is 74.2 Å². The number of rotatable bonds is 43. The standard InChI is InChI=1S/C79H104O18/c1-10-14-18-22-26-57-44-61-52-63-46-58(27-23-19-15-11-2)48-65(76(63)94-40-37-91-73(84)34-31-70(81)88-8)54-67-50-60(29-25-21-17-13-4)51-68(78(67)96-42-43-97-79(86)56(5)6)55-66-49-59(28-24-20-16-12-3)47-64(77(66)95-41-38-92-74(85)35-32-71(82)89-9)53-62(45-57)75(61)93-39-36-90-72(83)33-30-69(80)87-7/h30-35,44-51H,5,10-29,36-43,52-55H2,1-4,6-9H3/b33-30+,34-31+,35-32+. The fourth-order valence-corrected chi connectivity index (χ4v) is 11.5. The molecule has 18 heteroatoms. The van der Waals surface area contributed by atoms with E-state index in [1.807, 2.05) is 0 Å². The maximum Gasteiger partial charge on any atom is 0.333 e. The van der Waals surface area contributed by atoms with Crippen LogP contribution in [0.2, 0.25) is 0 Å². The van der Waals surface area contributed by atoms with Crippen LogP contribution in [0.5, 0.6) is 23.0 Å². The number of ether oxygens (including phenoxy) is 11. The summed E-state index contributed by atoms with van der Waals surface area (Å²) >= 11 is 0. The van der Waals surface area contributed by atoms with Gasteiger partial charge in [-0.2, -0.15) is 0 Å². The smallest absolute Gasteiger partial charge is 0.333 e. The first-order chi connectivity index (χ1) is 47.0. The molecule has 528 valence electrons. The monoisotopic (exact) mass is 1340 g/mol. The van der Waals surface area contributed by atoms with Crippen LogP contribution in [0.15, 0.2) is 97.1 Å². The van der Waals surface area contributed by atoms with Gasteiger partial charge in [0.25, 0.3) is 0 Å². The molecule has 0 fully saturated rings. The van der Waals surface area contributed by atoms with Crippen LogP contribution in [0, 0.1) is 0 Å². The summed E-state index contributed by atoms with van der Waals surface area (Å²) in [7, 11) is 3.66. The average molecular weight is 1340 g/mol. The van der Waals surface area contributed by atoms with Crippen LogP contribution in [-0.2, 0) is 118 Å². The first-order valence-corrected chi connectivity index (χ1v) is 34.7. The summed E-state index contributed by atoms with van der Waals surface area (Å²) in [4.78, 5) is 87.6. The maximum atomic E-state index is 13.0. The average Bonchev–Trinajstić information content (AvgIpc) is 0.778. The Morgan fingerprint density at radius 3 is 0.742 bits per heavy atom. The molecule has 4 aromatic rings. The van der Waals surface area contributed by atoms with Gasteiger partial charge in [0.05, 0.1) is 21.3 Å². The van der Waals surface area contributed by atoms with Gasteiger partial charge in [-0.1, -0.05) is 160 Å². The molecule has 1 aliphatic carbocycles. The van der Waals surface area contributed by atoms with Crippen molar-refractivity contribution >= 4 is 41.8 Å². The summed E-state index contributed by atoms with van der Waals surface area (Å²) < 4.78 is 64.5. The molecule has 0 amide bonds. The predicted molar refractivity (Wildman–Crippen MR) is 372 cm³/mol. The zero-order valence-corrected chi connectivity index (χ0v) is 58.8. The number of hydrogen-bond donors (Lipinski definition) is 0. The molecule has 18 nitrogen and oxygen atoms in total. The van der Waals surface area contributed by atoms with Crippen molar-refractivity contribution in [3.05, 3.63) is 164 Å². The maximum absolute atomic E-state index is 13.0. The van der Waals surface area contributed by atoms with Crippen LogP contribution in [0.1, 0.15) is 204 Å². The SMILES string of the molecule is C=C(C)C(=O)OCCOc1c2cc(CCCCCC)cc1Cc1cc(CCCCCC)cc(c1OCCOC(=O)/C=C/C(=O)OC)Cc1cc(CCCCCC)cc(c1OCCOC(=O)/C=C/C(=O)OC)Cc1cc(CCCCCC)cc(c1OCCOC(=O)/C=C/C(=O)OC)C2. The summed E-state index contributed by atoms with van der Waals surface area (Å²) in [5.41, 5.74) is 11.4. The van der Waals surface area contributed by atoms with Crippen molar-refractivity contribution in [3.8, 4) is 23.0 Å². The minimum absolute atomic E-state index is 0.0141. The molecule has 0 unspecified atom stereocenters. The van der Waals surface area contributed by atoms with E-state index < -0.39 is 41.8 Å². The second kappa shape index (κ2) is 45.0. The van der Waals surface area contributed by atoms with Gasteiger partial charge in [0, 0.05) is 67.7 Å². The molecule has 0 saturated heterocycles. The zero-order valence-electron chi connectivity index (χ0n) is 58.8. The molecule has 4 aromatic carbocycles. The van der Waals surface area contributed by atoms with E-state index in [0.717, 1.165) is 232 Å². The van der Waals surface area contributed by atoms with Crippen molar-refractivity contribution in [2.24, 2.45) is 0 Å². The fourth-order valence-electron chi connectivity index (χ4n) is 11.5. The van der Waals surface area contributed by atoms with Crippen molar-refractivity contribution in [2.45, 2.75) is 189 Å². The van der Waals surface area contributed by atoms with E-state index in [-0.39, 0.29) is 58.4 Å². The minimum Gasteiger partial charge on any atom is -0.489 e. The molecule has 1 aliphatic rings. The molecule has 0 aromatic heterocycles. The number of carbonyl (C=O) groups excluding carboxylic acids is 7. The number of benzene rings is 4. The molecule has 0 heterocycles.